The largest absolute Gasteiger partial charge is 0.358 e. The van der Waals surface area contributed by atoms with E-state index in [9.17, 15) is 0 Å². The van der Waals surface area contributed by atoms with Crippen LogP contribution in [-0.2, 0) is 0 Å². The standard InChI is InChI=1S/C15H29N3/c1-3-4-13-5-7-14(8-6-13)15(16)18-11-9-17(2)10-12-18/h13-14,16H,3-12H2,1-2H3. The van der Waals surface area contributed by atoms with E-state index in [4.69, 9.17) is 5.41 Å². The Morgan fingerprint density at radius 1 is 1.06 bits per heavy atom. The fourth-order valence-electron chi connectivity index (χ4n) is 3.44. The number of nitrogens with zero attached hydrogens (tertiary/aromatic N) is 2. The maximum Gasteiger partial charge on any atom is 0.0990 e. The predicted molar refractivity (Wildman–Crippen MR) is 77.2 cm³/mol. The van der Waals surface area contributed by atoms with Crippen molar-refractivity contribution in [3.63, 3.8) is 0 Å². The molecule has 2 rings (SSSR count). The van der Waals surface area contributed by atoms with Gasteiger partial charge in [0.25, 0.3) is 0 Å². The summed E-state index contributed by atoms with van der Waals surface area (Å²) in [4.78, 5) is 4.69. The number of hydrogen-bond acceptors (Lipinski definition) is 2. The van der Waals surface area contributed by atoms with Gasteiger partial charge >= 0.3 is 0 Å². The Morgan fingerprint density at radius 2 is 1.67 bits per heavy atom. The summed E-state index contributed by atoms with van der Waals surface area (Å²) in [6.45, 7) is 6.65. The first-order chi connectivity index (χ1) is 8.70. The molecule has 1 saturated heterocycles. The molecule has 0 atom stereocenters. The van der Waals surface area contributed by atoms with Crippen molar-refractivity contribution >= 4 is 5.84 Å². The van der Waals surface area contributed by atoms with Crippen molar-refractivity contribution in [3.8, 4) is 0 Å². The molecule has 18 heavy (non-hydrogen) atoms. The Hall–Kier alpha value is -0.570. The Morgan fingerprint density at radius 3 is 2.22 bits per heavy atom. The lowest BCUT2D eigenvalue weighted by Crippen LogP contribution is -2.49. The van der Waals surface area contributed by atoms with E-state index in [1.165, 1.54) is 38.5 Å². The number of amidine groups is 1. The van der Waals surface area contributed by atoms with E-state index in [1.54, 1.807) is 0 Å². The van der Waals surface area contributed by atoms with Gasteiger partial charge in [0.1, 0.15) is 0 Å². The van der Waals surface area contributed by atoms with Crippen molar-refractivity contribution in [2.45, 2.75) is 45.4 Å². The van der Waals surface area contributed by atoms with Gasteiger partial charge in [-0.15, -0.1) is 0 Å². The molecule has 1 heterocycles. The quantitative estimate of drug-likeness (QED) is 0.617. The van der Waals surface area contributed by atoms with E-state index in [-0.39, 0.29) is 0 Å². The highest BCUT2D eigenvalue weighted by Gasteiger charge is 2.27. The van der Waals surface area contributed by atoms with Crippen LogP contribution in [0.25, 0.3) is 0 Å². The minimum Gasteiger partial charge on any atom is -0.358 e. The second-order valence-corrected chi connectivity index (χ2v) is 6.18. The van der Waals surface area contributed by atoms with Crippen LogP contribution in [0.15, 0.2) is 0 Å². The summed E-state index contributed by atoms with van der Waals surface area (Å²) in [5.74, 6) is 2.45. The molecular weight excluding hydrogens is 222 g/mol. The van der Waals surface area contributed by atoms with Gasteiger partial charge in [0.05, 0.1) is 5.84 Å². The Kier molecular flexibility index (Phi) is 5.04. The lowest BCUT2D eigenvalue weighted by atomic mass is 9.79. The van der Waals surface area contributed by atoms with Crippen molar-refractivity contribution in [1.29, 1.82) is 5.41 Å². The molecule has 1 saturated carbocycles. The summed E-state index contributed by atoms with van der Waals surface area (Å²) in [6.07, 6.45) is 7.95. The first-order valence-corrected chi connectivity index (χ1v) is 7.72. The molecule has 0 amide bonds. The van der Waals surface area contributed by atoms with Crippen molar-refractivity contribution in [2.24, 2.45) is 11.8 Å². The van der Waals surface area contributed by atoms with Crippen LogP contribution in [0, 0.1) is 17.2 Å². The number of nitrogens with one attached hydrogen (secondary N) is 1. The van der Waals surface area contributed by atoms with Crippen LogP contribution in [-0.4, -0.2) is 48.9 Å². The average Bonchev–Trinajstić information content (AvgIpc) is 2.40. The van der Waals surface area contributed by atoms with Gasteiger partial charge in [-0.05, 0) is 38.6 Å². The monoisotopic (exact) mass is 251 g/mol. The summed E-state index contributed by atoms with van der Waals surface area (Å²) in [6, 6.07) is 0. The van der Waals surface area contributed by atoms with E-state index in [1.807, 2.05) is 0 Å². The van der Waals surface area contributed by atoms with E-state index in [0.717, 1.165) is 37.9 Å². The molecule has 0 spiro atoms. The first kappa shape index (κ1) is 13.9. The second kappa shape index (κ2) is 6.55. The van der Waals surface area contributed by atoms with Crippen LogP contribution in [0.1, 0.15) is 45.4 Å². The molecule has 2 fully saturated rings. The Labute approximate surface area is 112 Å². The zero-order chi connectivity index (χ0) is 13.0. The molecule has 0 bridgehead atoms. The summed E-state index contributed by atoms with van der Waals surface area (Å²) >= 11 is 0. The molecule has 0 aromatic carbocycles. The van der Waals surface area contributed by atoms with Gasteiger partial charge in [0, 0.05) is 32.1 Å². The van der Waals surface area contributed by atoms with Gasteiger partial charge < -0.3 is 9.80 Å². The van der Waals surface area contributed by atoms with E-state index >= 15 is 0 Å². The molecule has 0 unspecified atom stereocenters. The maximum atomic E-state index is 8.42. The molecule has 3 heteroatoms. The van der Waals surface area contributed by atoms with E-state index in [2.05, 4.69) is 23.8 Å². The van der Waals surface area contributed by atoms with Crippen molar-refractivity contribution in [1.82, 2.24) is 9.80 Å². The normalized spacial score (nSPS) is 30.4. The second-order valence-electron chi connectivity index (χ2n) is 6.18. The van der Waals surface area contributed by atoms with Gasteiger partial charge in [-0.25, -0.2) is 0 Å². The van der Waals surface area contributed by atoms with Crippen LogP contribution in [0.4, 0.5) is 0 Å². The summed E-state index contributed by atoms with van der Waals surface area (Å²) in [7, 11) is 2.18. The number of rotatable bonds is 3. The maximum absolute atomic E-state index is 8.42. The molecule has 0 aromatic heterocycles. The van der Waals surface area contributed by atoms with Crippen LogP contribution < -0.4 is 0 Å². The molecule has 1 aliphatic carbocycles. The third-order valence-corrected chi connectivity index (χ3v) is 4.77. The number of piperazine rings is 1. The summed E-state index contributed by atoms with van der Waals surface area (Å²) in [5, 5.41) is 8.42. The molecule has 0 radical (unpaired) electrons. The Balaban J connectivity index is 1.77. The fraction of sp³-hybridized carbons (Fsp3) is 0.933. The first-order valence-electron chi connectivity index (χ1n) is 7.72. The number of likely N-dealkylation sites (N-methyl/N-ethyl adjacent to an activating group) is 1. The van der Waals surface area contributed by atoms with E-state index < -0.39 is 0 Å². The summed E-state index contributed by atoms with van der Waals surface area (Å²) < 4.78 is 0. The molecular formula is C15H29N3. The third-order valence-electron chi connectivity index (χ3n) is 4.77. The van der Waals surface area contributed by atoms with Crippen LogP contribution in [0.3, 0.4) is 0 Å². The highest BCUT2D eigenvalue weighted by molar-refractivity contribution is 5.81. The van der Waals surface area contributed by atoms with Crippen LogP contribution in [0.5, 0.6) is 0 Å². The lowest BCUT2D eigenvalue weighted by Gasteiger charge is -2.38. The van der Waals surface area contributed by atoms with Crippen LogP contribution in [0.2, 0.25) is 0 Å². The smallest absolute Gasteiger partial charge is 0.0990 e. The molecule has 2 aliphatic rings. The zero-order valence-electron chi connectivity index (χ0n) is 12.1. The molecule has 1 aliphatic heterocycles. The van der Waals surface area contributed by atoms with Gasteiger partial charge in [0.2, 0.25) is 0 Å². The fourth-order valence-corrected chi connectivity index (χ4v) is 3.44. The predicted octanol–water partition coefficient (Wildman–Crippen LogP) is 2.82. The molecule has 0 aromatic rings. The topological polar surface area (TPSA) is 30.3 Å². The van der Waals surface area contributed by atoms with Crippen LogP contribution >= 0.6 is 0 Å². The van der Waals surface area contributed by atoms with Gasteiger partial charge in [-0.1, -0.05) is 19.8 Å². The van der Waals surface area contributed by atoms with Crippen molar-refractivity contribution < 1.29 is 0 Å². The minimum atomic E-state index is 0.557. The zero-order valence-corrected chi connectivity index (χ0v) is 12.1. The highest BCUT2D eigenvalue weighted by atomic mass is 15.3. The van der Waals surface area contributed by atoms with Crippen molar-refractivity contribution in [3.05, 3.63) is 0 Å². The summed E-state index contributed by atoms with van der Waals surface area (Å²) in [5.41, 5.74) is 0. The van der Waals surface area contributed by atoms with E-state index in [0.29, 0.717) is 5.92 Å². The van der Waals surface area contributed by atoms with Gasteiger partial charge in [0.15, 0.2) is 0 Å². The van der Waals surface area contributed by atoms with Gasteiger partial charge in [-0.2, -0.15) is 0 Å². The molecule has 1 N–H and O–H groups in total. The molecule has 3 nitrogen and oxygen atoms in total. The molecule has 104 valence electrons. The average molecular weight is 251 g/mol. The van der Waals surface area contributed by atoms with Crippen molar-refractivity contribution in [2.75, 3.05) is 33.2 Å². The van der Waals surface area contributed by atoms with Gasteiger partial charge in [-0.3, -0.25) is 5.41 Å². The highest BCUT2D eigenvalue weighted by Crippen LogP contribution is 2.32. The Bertz CT molecular complexity index is 261. The lowest BCUT2D eigenvalue weighted by molar-refractivity contribution is 0.201. The SMILES string of the molecule is CCCC1CCC(C(=N)N2CCN(C)CC2)CC1. The minimum absolute atomic E-state index is 0.557. The third kappa shape index (κ3) is 3.47. The number of hydrogen-bond donors (Lipinski definition) is 1.